The summed E-state index contributed by atoms with van der Waals surface area (Å²) in [4.78, 5) is 14.6. The number of aromatic nitrogens is 3. The quantitative estimate of drug-likeness (QED) is 0.142. The summed E-state index contributed by atoms with van der Waals surface area (Å²) in [5.41, 5.74) is -6.94. The van der Waals surface area contributed by atoms with Crippen molar-refractivity contribution in [1.82, 2.24) is 15.2 Å². The van der Waals surface area contributed by atoms with Crippen LogP contribution in [0.2, 0.25) is 0 Å². The highest BCUT2D eigenvalue weighted by Gasteiger charge is 2.61. The van der Waals surface area contributed by atoms with E-state index in [2.05, 4.69) is 20.5 Å². The Morgan fingerprint density at radius 3 is 2.38 bits per heavy atom. The Kier molecular flexibility index (Phi) is 7.72. The maximum Gasteiger partial charge on any atom is 0.426 e. The molecule has 1 aliphatic carbocycles. The average molecular weight is 598 g/mol. The smallest absolute Gasteiger partial charge is 0.415 e. The summed E-state index contributed by atoms with van der Waals surface area (Å²) in [6, 6.07) is 8.35. The van der Waals surface area contributed by atoms with E-state index in [1.807, 2.05) is 0 Å². The molecule has 42 heavy (non-hydrogen) atoms. The van der Waals surface area contributed by atoms with E-state index in [0.717, 1.165) is 0 Å². The van der Waals surface area contributed by atoms with Crippen LogP contribution in [0.25, 0.3) is 11.6 Å². The van der Waals surface area contributed by atoms with E-state index in [1.54, 1.807) is 36.4 Å². The van der Waals surface area contributed by atoms with Crippen molar-refractivity contribution in [3.05, 3.63) is 75.7 Å². The van der Waals surface area contributed by atoms with Crippen molar-refractivity contribution >= 4 is 11.5 Å². The predicted molar refractivity (Wildman–Crippen MR) is 136 cm³/mol. The molecule has 1 fully saturated rings. The van der Waals surface area contributed by atoms with E-state index in [-0.39, 0.29) is 18.9 Å². The molecule has 0 radical (unpaired) electrons. The third-order valence-corrected chi connectivity index (χ3v) is 7.55. The Labute approximate surface area is 235 Å². The Balaban J connectivity index is 1.70. The Bertz CT molecular complexity index is 1470. The molecule has 1 atom stereocenters. The number of hydrogen-bond acceptors (Lipinski definition) is 8. The van der Waals surface area contributed by atoms with Gasteiger partial charge in [0, 0.05) is 11.6 Å². The molecule has 1 aromatic carbocycles. The van der Waals surface area contributed by atoms with E-state index in [9.17, 15) is 36.5 Å². The number of rotatable bonds is 4. The third-order valence-electron chi connectivity index (χ3n) is 7.55. The molecule has 5 rings (SSSR count). The molecule has 2 aliphatic rings. The van der Waals surface area contributed by atoms with Gasteiger partial charge in [-0.2, -0.15) is 26.3 Å². The third kappa shape index (κ3) is 5.69. The summed E-state index contributed by atoms with van der Waals surface area (Å²) in [5.74, 6) is -2.61. The highest BCUT2D eigenvalue weighted by molar-refractivity contribution is 5.68. The zero-order valence-corrected chi connectivity index (χ0v) is 22.0. The second-order valence-corrected chi connectivity index (χ2v) is 10.3. The molecule has 0 unspecified atom stereocenters. The maximum absolute atomic E-state index is 14.9. The van der Waals surface area contributed by atoms with Crippen LogP contribution in [0.3, 0.4) is 0 Å². The minimum Gasteiger partial charge on any atom is -0.415 e. The summed E-state index contributed by atoms with van der Waals surface area (Å²) in [6.07, 6.45) is -5.32. The molecule has 1 N–H and O–H groups in total. The van der Waals surface area contributed by atoms with E-state index < -0.39 is 76.0 Å². The summed E-state index contributed by atoms with van der Waals surface area (Å²) >= 11 is 0. The number of benzene rings is 1. The molecule has 224 valence electrons. The zero-order valence-electron chi connectivity index (χ0n) is 22.0. The number of nitro groups is 1. The van der Waals surface area contributed by atoms with Gasteiger partial charge in [0.2, 0.25) is 11.3 Å². The fraction of sp³-hybridized carbons (Fsp3) is 0.444. The molecule has 1 spiro atoms. The largest absolute Gasteiger partial charge is 0.426 e. The van der Waals surface area contributed by atoms with E-state index >= 15 is 0 Å². The monoisotopic (exact) mass is 597 g/mol. The van der Waals surface area contributed by atoms with Gasteiger partial charge < -0.3 is 14.5 Å². The van der Waals surface area contributed by atoms with Crippen LogP contribution in [0.1, 0.15) is 62.0 Å². The number of anilines is 1. The molecule has 2 aromatic heterocycles. The van der Waals surface area contributed by atoms with Crippen molar-refractivity contribution in [3.63, 3.8) is 0 Å². The number of hydrogen-bond donors (Lipinski definition) is 1. The summed E-state index contributed by atoms with van der Waals surface area (Å²) in [5, 5.41) is 21.9. The van der Waals surface area contributed by atoms with Crippen LogP contribution >= 0.6 is 0 Å². The SMILES string of the molecule is O=[N+]([O-])c1cc(C(F)(F)F)c2nc1-c1nnc(o1)[C@@](OCc1ccccc1)(C(F)(F)F)CC/C=C\CC1(CCCC1)N2. The maximum atomic E-state index is 14.9. The van der Waals surface area contributed by atoms with Crippen molar-refractivity contribution in [2.75, 3.05) is 5.32 Å². The predicted octanol–water partition coefficient (Wildman–Crippen LogP) is 7.50. The Hall–Kier alpha value is -4.01. The van der Waals surface area contributed by atoms with Crippen molar-refractivity contribution in [2.45, 2.75) is 75.0 Å². The van der Waals surface area contributed by atoms with Gasteiger partial charge in [-0.15, -0.1) is 10.2 Å². The second-order valence-electron chi connectivity index (χ2n) is 10.3. The average Bonchev–Trinajstić information content (AvgIpc) is 3.59. The molecule has 3 aromatic rings. The number of alkyl halides is 6. The van der Waals surface area contributed by atoms with Gasteiger partial charge in [0.25, 0.3) is 11.8 Å². The minimum atomic E-state index is -5.09. The van der Waals surface area contributed by atoms with Crippen molar-refractivity contribution in [3.8, 4) is 11.6 Å². The lowest BCUT2D eigenvalue weighted by Gasteiger charge is -2.33. The van der Waals surface area contributed by atoms with Crippen LogP contribution in [0.5, 0.6) is 0 Å². The Morgan fingerprint density at radius 2 is 1.74 bits per heavy atom. The standard InChI is InChI=1S/C27H25F6N5O4/c28-26(29,30)18-15-19(38(39)40)20-22-36-37-23(42-22)25(27(31,32)33,41-16-17-9-3-1-4-10-17)14-6-2-5-11-24(12-7-8-13-24)35-21(18)34-20/h1-5,9-10,15H,6-8,11-14,16H2,(H,34,35)/b5-2-/t25-/m1/s1. The van der Waals surface area contributed by atoms with Crippen molar-refractivity contribution in [1.29, 1.82) is 0 Å². The Morgan fingerprint density at radius 1 is 1.02 bits per heavy atom. The lowest BCUT2D eigenvalue weighted by atomic mass is 9.91. The van der Waals surface area contributed by atoms with Crippen LogP contribution in [-0.2, 0) is 23.1 Å². The topological polar surface area (TPSA) is 116 Å². The first-order chi connectivity index (χ1) is 19.8. The van der Waals surface area contributed by atoms with Gasteiger partial charge in [0.15, 0.2) is 0 Å². The normalized spacial score (nSPS) is 21.5. The van der Waals surface area contributed by atoms with Gasteiger partial charge in [-0.05, 0) is 37.7 Å². The van der Waals surface area contributed by atoms with Gasteiger partial charge in [0.05, 0.1) is 11.5 Å². The molecular weight excluding hydrogens is 572 g/mol. The molecule has 3 heterocycles. The molecule has 0 saturated heterocycles. The number of nitrogens with zero attached hydrogens (tertiary/aromatic N) is 4. The molecule has 1 aliphatic heterocycles. The summed E-state index contributed by atoms with van der Waals surface area (Å²) in [6.45, 7) is -0.488. The number of fused-ring (bicyclic) bond motifs is 5. The highest BCUT2D eigenvalue weighted by atomic mass is 19.4. The first kappa shape index (κ1) is 29.5. The minimum absolute atomic E-state index is 0.153. The second kappa shape index (κ2) is 11.0. The first-order valence-electron chi connectivity index (χ1n) is 13.1. The van der Waals surface area contributed by atoms with Crippen molar-refractivity contribution < 1.29 is 40.4 Å². The van der Waals surface area contributed by atoms with Crippen molar-refractivity contribution in [2.24, 2.45) is 0 Å². The van der Waals surface area contributed by atoms with Gasteiger partial charge >= 0.3 is 18.0 Å². The molecule has 9 nitrogen and oxygen atoms in total. The van der Waals surface area contributed by atoms with E-state index in [1.165, 1.54) is 6.08 Å². The number of allylic oxidation sites excluding steroid dienone is 1. The number of ether oxygens (including phenoxy) is 1. The van der Waals surface area contributed by atoms with Gasteiger partial charge in [0.1, 0.15) is 11.4 Å². The number of pyridine rings is 1. The summed E-state index contributed by atoms with van der Waals surface area (Å²) in [7, 11) is 0. The lowest BCUT2D eigenvalue weighted by molar-refractivity contribution is -0.384. The number of halogens is 6. The van der Waals surface area contributed by atoms with Gasteiger partial charge in [-0.3, -0.25) is 10.1 Å². The van der Waals surface area contributed by atoms with Gasteiger partial charge in [-0.1, -0.05) is 55.3 Å². The van der Waals surface area contributed by atoms with E-state index in [4.69, 9.17) is 9.15 Å². The summed E-state index contributed by atoms with van der Waals surface area (Å²) < 4.78 is 97.7. The first-order valence-corrected chi connectivity index (χ1v) is 13.1. The molecule has 4 bridgehead atoms. The number of nitrogens with one attached hydrogen (secondary N) is 1. The van der Waals surface area contributed by atoms with Crippen LogP contribution in [0.15, 0.2) is 53.0 Å². The fourth-order valence-electron chi connectivity index (χ4n) is 5.36. The lowest BCUT2D eigenvalue weighted by Crippen LogP contribution is -2.45. The highest BCUT2D eigenvalue weighted by Crippen LogP contribution is 2.48. The van der Waals surface area contributed by atoms with Crippen LogP contribution in [0.4, 0.5) is 37.8 Å². The van der Waals surface area contributed by atoms with Crippen LogP contribution in [0, 0.1) is 10.1 Å². The van der Waals surface area contributed by atoms with Crippen LogP contribution in [-0.4, -0.2) is 31.8 Å². The zero-order chi connectivity index (χ0) is 30.2. The molecule has 0 amide bonds. The molecule has 1 saturated carbocycles. The van der Waals surface area contributed by atoms with Gasteiger partial charge in [-0.25, -0.2) is 4.98 Å². The van der Waals surface area contributed by atoms with Crippen LogP contribution < -0.4 is 5.32 Å². The molecular formula is C27H25F6N5O4. The van der Waals surface area contributed by atoms with E-state index in [0.29, 0.717) is 31.2 Å². The fourth-order valence-corrected chi connectivity index (χ4v) is 5.36. The molecule has 15 heteroatoms.